The van der Waals surface area contributed by atoms with Gasteiger partial charge in [-0.2, -0.15) is 0 Å². The second-order valence-electron chi connectivity index (χ2n) is 6.31. The van der Waals surface area contributed by atoms with Crippen LogP contribution in [0.2, 0.25) is 0 Å². The lowest BCUT2D eigenvalue weighted by Crippen LogP contribution is -2.38. The highest BCUT2D eigenvalue weighted by Gasteiger charge is 2.22. The molecule has 0 aliphatic carbocycles. The number of nitrogens with one attached hydrogen (secondary N) is 1. The van der Waals surface area contributed by atoms with E-state index in [1.165, 1.54) is 38.6 Å². The van der Waals surface area contributed by atoms with Crippen molar-refractivity contribution in [3.63, 3.8) is 0 Å². The van der Waals surface area contributed by atoms with Gasteiger partial charge in [-0.05, 0) is 37.9 Å². The Bertz CT molecular complexity index is 384. The van der Waals surface area contributed by atoms with Crippen LogP contribution < -0.4 is 5.32 Å². The fourth-order valence-corrected chi connectivity index (χ4v) is 3.04. The van der Waals surface area contributed by atoms with Gasteiger partial charge in [-0.3, -0.25) is 4.90 Å². The molecule has 1 saturated heterocycles. The molecule has 0 aromatic carbocycles. The Morgan fingerprint density at radius 3 is 2.85 bits per heavy atom. The average molecular weight is 278 g/mol. The van der Waals surface area contributed by atoms with Crippen LogP contribution in [-0.2, 0) is 13.1 Å². The average Bonchev–Trinajstić information content (AvgIpc) is 2.87. The van der Waals surface area contributed by atoms with E-state index in [4.69, 9.17) is 4.42 Å². The highest BCUT2D eigenvalue weighted by atomic mass is 16.3. The highest BCUT2D eigenvalue weighted by Crippen LogP contribution is 2.23. The Morgan fingerprint density at radius 2 is 2.10 bits per heavy atom. The minimum Gasteiger partial charge on any atom is -0.463 e. The molecule has 1 aliphatic rings. The SMILES string of the molecule is CCCC1CCCCN1Cc1ccc(CNC(C)C)o1. The van der Waals surface area contributed by atoms with Gasteiger partial charge in [-0.25, -0.2) is 0 Å². The van der Waals surface area contributed by atoms with Gasteiger partial charge in [-0.15, -0.1) is 0 Å². The number of rotatable bonds is 7. The summed E-state index contributed by atoms with van der Waals surface area (Å²) in [6, 6.07) is 5.52. The summed E-state index contributed by atoms with van der Waals surface area (Å²) < 4.78 is 5.96. The van der Waals surface area contributed by atoms with Gasteiger partial charge in [0.25, 0.3) is 0 Å². The minimum absolute atomic E-state index is 0.500. The molecule has 0 spiro atoms. The molecule has 114 valence electrons. The Morgan fingerprint density at radius 1 is 1.30 bits per heavy atom. The van der Waals surface area contributed by atoms with Gasteiger partial charge in [0.05, 0.1) is 13.1 Å². The Kier molecular flexibility index (Phi) is 6.11. The zero-order chi connectivity index (χ0) is 14.4. The molecule has 1 aliphatic heterocycles. The first kappa shape index (κ1) is 15.6. The lowest BCUT2D eigenvalue weighted by atomic mass is 9.98. The maximum atomic E-state index is 5.96. The summed E-state index contributed by atoms with van der Waals surface area (Å²) in [6.07, 6.45) is 6.69. The Labute approximate surface area is 123 Å². The topological polar surface area (TPSA) is 28.4 Å². The summed E-state index contributed by atoms with van der Waals surface area (Å²) in [4.78, 5) is 2.62. The highest BCUT2D eigenvalue weighted by molar-refractivity contribution is 5.07. The molecule has 1 atom stereocenters. The minimum atomic E-state index is 0.500. The molecule has 3 heteroatoms. The van der Waals surface area contributed by atoms with Gasteiger partial charge in [0.2, 0.25) is 0 Å². The molecule has 0 bridgehead atoms. The molecule has 1 N–H and O–H groups in total. The second kappa shape index (κ2) is 7.84. The van der Waals surface area contributed by atoms with Crippen LogP contribution in [0.5, 0.6) is 0 Å². The van der Waals surface area contributed by atoms with Crippen LogP contribution in [0.15, 0.2) is 16.5 Å². The van der Waals surface area contributed by atoms with Crippen LogP contribution >= 0.6 is 0 Å². The predicted octanol–water partition coefficient (Wildman–Crippen LogP) is 3.93. The standard InChI is InChI=1S/C17H30N2O/c1-4-7-15-8-5-6-11-19(15)13-17-10-9-16(20-17)12-18-14(2)3/h9-10,14-15,18H,4-8,11-13H2,1-3H3. The largest absolute Gasteiger partial charge is 0.463 e. The molecule has 0 radical (unpaired) electrons. The maximum Gasteiger partial charge on any atom is 0.118 e. The summed E-state index contributed by atoms with van der Waals surface area (Å²) in [6.45, 7) is 9.64. The molecule has 0 saturated carbocycles. The van der Waals surface area contributed by atoms with Gasteiger partial charge in [0.15, 0.2) is 0 Å². The van der Waals surface area contributed by atoms with E-state index < -0.39 is 0 Å². The van der Waals surface area contributed by atoms with Crippen molar-refractivity contribution in [3.8, 4) is 0 Å². The third kappa shape index (κ3) is 4.64. The van der Waals surface area contributed by atoms with E-state index in [0.29, 0.717) is 6.04 Å². The lowest BCUT2D eigenvalue weighted by molar-refractivity contribution is 0.121. The van der Waals surface area contributed by atoms with E-state index >= 15 is 0 Å². The first-order valence-electron chi connectivity index (χ1n) is 8.24. The number of furan rings is 1. The second-order valence-corrected chi connectivity index (χ2v) is 6.31. The van der Waals surface area contributed by atoms with E-state index in [-0.39, 0.29) is 0 Å². The van der Waals surface area contributed by atoms with Crippen LogP contribution in [0.3, 0.4) is 0 Å². The predicted molar refractivity (Wildman–Crippen MR) is 83.6 cm³/mol. The molecule has 1 fully saturated rings. The van der Waals surface area contributed by atoms with Crippen molar-refractivity contribution in [2.75, 3.05) is 6.54 Å². The van der Waals surface area contributed by atoms with Crippen molar-refractivity contribution in [2.45, 2.75) is 78.0 Å². The van der Waals surface area contributed by atoms with Gasteiger partial charge in [-0.1, -0.05) is 33.6 Å². The Balaban J connectivity index is 1.88. The molecule has 0 amide bonds. The number of likely N-dealkylation sites (tertiary alicyclic amines) is 1. The van der Waals surface area contributed by atoms with Crippen LogP contribution in [0.4, 0.5) is 0 Å². The smallest absolute Gasteiger partial charge is 0.118 e. The van der Waals surface area contributed by atoms with E-state index in [0.717, 1.165) is 30.7 Å². The van der Waals surface area contributed by atoms with Gasteiger partial charge >= 0.3 is 0 Å². The molecule has 20 heavy (non-hydrogen) atoms. The number of hydrogen-bond acceptors (Lipinski definition) is 3. The molecular formula is C17H30N2O. The van der Waals surface area contributed by atoms with Crippen LogP contribution in [0, 0.1) is 0 Å². The molecule has 1 unspecified atom stereocenters. The van der Waals surface area contributed by atoms with Crippen molar-refractivity contribution in [1.82, 2.24) is 10.2 Å². The van der Waals surface area contributed by atoms with E-state index in [1.54, 1.807) is 0 Å². The maximum absolute atomic E-state index is 5.96. The molecule has 1 aromatic rings. The van der Waals surface area contributed by atoms with Gasteiger partial charge in [0, 0.05) is 12.1 Å². The number of nitrogens with zero attached hydrogens (tertiary/aromatic N) is 1. The molecule has 1 aromatic heterocycles. The number of hydrogen-bond donors (Lipinski definition) is 1. The van der Waals surface area contributed by atoms with Crippen molar-refractivity contribution < 1.29 is 4.42 Å². The van der Waals surface area contributed by atoms with Crippen molar-refractivity contribution in [1.29, 1.82) is 0 Å². The molecule has 2 rings (SSSR count). The van der Waals surface area contributed by atoms with Crippen molar-refractivity contribution in [2.24, 2.45) is 0 Å². The monoisotopic (exact) mass is 278 g/mol. The molecule has 3 nitrogen and oxygen atoms in total. The fourth-order valence-electron chi connectivity index (χ4n) is 3.04. The zero-order valence-electron chi connectivity index (χ0n) is 13.3. The molecular weight excluding hydrogens is 248 g/mol. The van der Waals surface area contributed by atoms with Crippen LogP contribution in [0.25, 0.3) is 0 Å². The molecule has 2 heterocycles. The summed E-state index contributed by atoms with van der Waals surface area (Å²) in [5.74, 6) is 2.17. The summed E-state index contributed by atoms with van der Waals surface area (Å²) in [5, 5.41) is 3.40. The first-order valence-corrected chi connectivity index (χ1v) is 8.24. The fraction of sp³-hybridized carbons (Fsp3) is 0.765. The van der Waals surface area contributed by atoms with Crippen LogP contribution in [-0.4, -0.2) is 23.5 Å². The normalized spacial score (nSPS) is 20.7. The lowest BCUT2D eigenvalue weighted by Gasteiger charge is -2.35. The zero-order valence-corrected chi connectivity index (χ0v) is 13.3. The van der Waals surface area contributed by atoms with E-state index in [1.807, 2.05) is 0 Å². The quantitative estimate of drug-likeness (QED) is 0.819. The van der Waals surface area contributed by atoms with E-state index in [2.05, 4.69) is 43.1 Å². The first-order chi connectivity index (χ1) is 9.69. The summed E-state index contributed by atoms with van der Waals surface area (Å²) >= 11 is 0. The van der Waals surface area contributed by atoms with E-state index in [9.17, 15) is 0 Å². The Hall–Kier alpha value is -0.800. The summed E-state index contributed by atoms with van der Waals surface area (Å²) in [7, 11) is 0. The third-order valence-corrected chi connectivity index (χ3v) is 4.13. The third-order valence-electron chi connectivity index (χ3n) is 4.13. The summed E-state index contributed by atoms with van der Waals surface area (Å²) in [5.41, 5.74) is 0. The van der Waals surface area contributed by atoms with Crippen molar-refractivity contribution in [3.05, 3.63) is 23.7 Å². The number of piperidine rings is 1. The van der Waals surface area contributed by atoms with Gasteiger partial charge < -0.3 is 9.73 Å². The van der Waals surface area contributed by atoms with Crippen LogP contribution in [0.1, 0.15) is 64.4 Å². The van der Waals surface area contributed by atoms with Gasteiger partial charge in [0.1, 0.15) is 11.5 Å². The van der Waals surface area contributed by atoms with Crippen molar-refractivity contribution >= 4 is 0 Å².